The van der Waals surface area contributed by atoms with Crippen molar-refractivity contribution in [1.82, 2.24) is 19.5 Å². The third-order valence-corrected chi connectivity index (χ3v) is 14.0. The van der Waals surface area contributed by atoms with Gasteiger partial charge >= 0.3 is 0 Å². The van der Waals surface area contributed by atoms with Crippen LogP contribution in [-0.4, -0.2) is 19.5 Å². The molecule has 0 saturated heterocycles. The Morgan fingerprint density at radius 3 is 1.85 bits per heavy atom. The number of fused-ring (bicyclic) bond motifs is 14. The maximum atomic E-state index is 6.41. The van der Waals surface area contributed by atoms with Crippen LogP contribution in [0.15, 0.2) is 199 Å². The molecule has 0 radical (unpaired) electrons. The molecule has 13 aromatic rings. The molecule has 0 aliphatic heterocycles. The molecule has 0 amide bonds. The zero-order valence-corrected chi connectivity index (χ0v) is 38.4. The Morgan fingerprint density at radius 2 is 1.04 bits per heavy atom. The Kier molecular flexibility index (Phi) is 9.00. The number of nitrogens with zero attached hydrogens (tertiary/aromatic N) is 4. The van der Waals surface area contributed by atoms with E-state index >= 15 is 0 Å². The van der Waals surface area contributed by atoms with Gasteiger partial charge in [0.15, 0.2) is 11.6 Å². The second-order valence-electron chi connectivity index (χ2n) is 18.7. The molecule has 10 aromatic carbocycles. The van der Waals surface area contributed by atoms with Gasteiger partial charge in [-0.1, -0.05) is 192 Å². The zero-order chi connectivity index (χ0) is 45.7. The van der Waals surface area contributed by atoms with Gasteiger partial charge in [-0.15, -0.1) is 0 Å². The van der Waals surface area contributed by atoms with Crippen molar-refractivity contribution in [3.05, 3.63) is 205 Å². The minimum atomic E-state index is -0.194. The van der Waals surface area contributed by atoms with Crippen LogP contribution in [-0.2, 0) is 5.41 Å². The van der Waals surface area contributed by atoms with Crippen molar-refractivity contribution in [2.45, 2.75) is 39.5 Å². The normalized spacial score (nSPS) is 12.9. The third-order valence-electron chi connectivity index (χ3n) is 14.0. The molecule has 0 spiro atoms. The average molecular weight is 875 g/mol. The fourth-order valence-corrected chi connectivity index (χ4v) is 10.9. The van der Waals surface area contributed by atoms with Gasteiger partial charge in [-0.3, -0.25) is 4.57 Å². The summed E-state index contributed by atoms with van der Waals surface area (Å²) >= 11 is 0. The van der Waals surface area contributed by atoms with Crippen LogP contribution in [0.4, 0.5) is 0 Å². The number of hydrogen-bond donors (Lipinski definition) is 0. The minimum Gasteiger partial charge on any atom is -0.456 e. The molecule has 1 aliphatic rings. The van der Waals surface area contributed by atoms with E-state index in [2.05, 4.69) is 208 Å². The van der Waals surface area contributed by atoms with E-state index in [1.807, 2.05) is 18.2 Å². The minimum absolute atomic E-state index is 0.194. The summed E-state index contributed by atoms with van der Waals surface area (Å²) in [6, 6.07) is 69.6. The molecule has 0 atom stereocenters. The fraction of sp³-hybridized carbons (Fsp3) is 0.0952. The van der Waals surface area contributed by atoms with Crippen LogP contribution in [0.25, 0.3) is 127 Å². The lowest BCUT2D eigenvalue weighted by Gasteiger charge is -2.22. The molecule has 5 heteroatoms. The topological polar surface area (TPSA) is 56.7 Å². The van der Waals surface area contributed by atoms with Gasteiger partial charge in [0.25, 0.3) is 0 Å². The first kappa shape index (κ1) is 39.9. The standard InChI is InChI=1S/C60H38N4O.C3H8/c1-60(2)49-30-26-36-13-5-7-16-42(36)54(49)47-29-24-39(33-50(47)60)44-19-11-20-48-55-43-17-8-6-14-37(43)27-31-51(55)64(56(44)48)59-62-57(40-23-22-35-12-3-4-15-38(35)32-40)61-58(63-59)41-25-28-46-45-18-9-10-21-52(45)65-53(46)34-41;1-3-2/h3-34H,1-2H3;3H2,1-2H3. The van der Waals surface area contributed by atoms with Crippen LogP contribution in [0.1, 0.15) is 45.2 Å². The summed E-state index contributed by atoms with van der Waals surface area (Å²) in [4.78, 5) is 16.2. The first-order chi connectivity index (χ1) is 33.4. The molecule has 0 N–H and O–H groups in total. The average Bonchev–Trinajstić information content (AvgIpc) is 4.01. The molecule has 68 heavy (non-hydrogen) atoms. The highest BCUT2D eigenvalue weighted by molar-refractivity contribution is 6.23. The highest BCUT2D eigenvalue weighted by Crippen LogP contribution is 2.53. The van der Waals surface area contributed by atoms with Crippen molar-refractivity contribution in [3.63, 3.8) is 0 Å². The quantitative estimate of drug-likeness (QED) is 0.177. The molecule has 0 unspecified atom stereocenters. The van der Waals surface area contributed by atoms with Crippen LogP contribution in [0.5, 0.6) is 0 Å². The van der Waals surface area contributed by atoms with Gasteiger partial charge in [0.2, 0.25) is 5.95 Å². The molecule has 0 fully saturated rings. The summed E-state index contributed by atoms with van der Waals surface area (Å²) in [5, 5.41) is 11.7. The summed E-state index contributed by atoms with van der Waals surface area (Å²) in [6.07, 6.45) is 1.25. The maximum Gasteiger partial charge on any atom is 0.238 e. The molecule has 0 bridgehead atoms. The second-order valence-corrected chi connectivity index (χ2v) is 18.7. The van der Waals surface area contributed by atoms with Crippen molar-refractivity contribution in [2.75, 3.05) is 0 Å². The lowest BCUT2D eigenvalue weighted by atomic mass is 9.81. The van der Waals surface area contributed by atoms with Gasteiger partial charge in [-0.25, -0.2) is 4.98 Å². The maximum absolute atomic E-state index is 6.41. The Labute approximate surface area is 394 Å². The van der Waals surface area contributed by atoms with Crippen molar-refractivity contribution in [1.29, 1.82) is 0 Å². The van der Waals surface area contributed by atoms with Crippen LogP contribution in [0.3, 0.4) is 0 Å². The lowest BCUT2D eigenvalue weighted by molar-refractivity contribution is 0.661. The largest absolute Gasteiger partial charge is 0.456 e. The highest BCUT2D eigenvalue weighted by atomic mass is 16.3. The van der Waals surface area contributed by atoms with E-state index in [0.29, 0.717) is 17.6 Å². The molecule has 3 heterocycles. The second kappa shape index (κ2) is 15.3. The Balaban J connectivity index is 0.00000149. The van der Waals surface area contributed by atoms with E-state index in [-0.39, 0.29) is 5.41 Å². The summed E-state index contributed by atoms with van der Waals surface area (Å²) < 4.78 is 8.69. The van der Waals surface area contributed by atoms with Gasteiger partial charge in [0.05, 0.1) is 11.0 Å². The Morgan fingerprint density at radius 1 is 0.441 bits per heavy atom. The van der Waals surface area contributed by atoms with Gasteiger partial charge in [-0.2, -0.15) is 9.97 Å². The first-order valence-electron chi connectivity index (χ1n) is 23.7. The van der Waals surface area contributed by atoms with Crippen molar-refractivity contribution in [2.24, 2.45) is 0 Å². The van der Waals surface area contributed by atoms with Crippen LogP contribution < -0.4 is 0 Å². The summed E-state index contributed by atoms with van der Waals surface area (Å²) in [6.45, 7) is 8.98. The van der Waals surface area contributed by atoms with E-state index in [0.717, 1.165) is 71.4 Å². The molecule has 5 nitrogen and oxygen atoms in total. The van der Waals surface area contributed by atoms with Gasteiger partial charge in [0.1, 0.15) is 11.2 Å². The van der Waals surface area contributed by atoms with Crippen LogP contribution in [0.2, 0.25) is 0 Å². The molecule has 0 saturated carbocycles. The number of aromatic nitrogens is 4. The SMILES string of the molecule is CC1(C)c2cc(-c3cccc4c5c6ccccc6ccc5n(-c5nc(-c6ccc7ccccc7c6)nc(-c6ccc7c(c6)oc6ccccc67)n5)c34)ccc2-c2c1ccc1ccccc21.CCC. The summed E-state index contributed by atoms with van der Waals surface area (Å²) in [7, 11) is 0. The van der Waals surface area contributed by atoms with E-state index in [9.17, 15) is 0 Å². The highest BCUT2D eigenvalue weighted by Gasteiger charge is 2.37. The molecule has 324 valence electrons. The van der Waals surface area contributed by atoms with Crippen molar-refractivity contribution in [3.8, 4) is 51.0 Å². The number of rotatable bonds is 4. The molecule has 14 rings (SSSR count). The van der Waals surface area contributed by atoms with Gasteiger partial charge in [0, 0.05) is 43.7 Å². The molecule has 1 aliphatic carbocycles. The van der Waals surface area contributed by atoms with E-state index < -0.39 is 0 Å². The van der Waals surface area contributed by atoms with Crippen molar-refractivity contribution >= 4 is 76.1 Å². The summed E-state index contributed by atoms with van der Waals surface area (Å²) in [5.41, 5.74) is 12.9. The Bertz CT molecular complexity index is 4190. The predicted molar refractivity (Wildman–Crippen MR) is 284 cm³/mol. The first-order valence-corrected chi connectivity index (χ1v) is 23.7. The number of hydrogen-bond acceptors (Lipinski definition) is 4. The van der Waals surface area contributed by atoms with Crippen LogP contribution in [0, 0.1) is 0 Å². The van der Waals surface area contributed by atoms with Gasteiger partial charge in [-0.05, 0) is 96.5 Å². The number of benzene rings is 10. The molecule has 3 aromatic heterocycles. The zero-order valence-electron chi connectivity index (χ0n) is 38.4. The molecular weight excluding hydrogens is 829 g/mol. The smallest absolute Gasteiger partial charge is 0.238 e. The predicted octanol–water partition coefficient (Wildman–Crippen LogP) is 17.1. The van der Waals surface area contributed by atoms with Crippen LogP contribution >= 0.6 is 0 Å². The van der Waals surface area contributed by atoms with E-state index in [1.165, 1.54) is 55.6 Å². The molecular formula is C63H46N4O. The summed E-state index contributed by atoms with van der Waals surface area (Å²) in [5.74, 6) is 1.71. The fourth-order valence-electron chi connectivity index (χ4n) is 10.9. The van der Waals surface area contributed by atoms with E-state index in [4.69, 9.17) is 19.4 Å². The van der Waals surface area contributed by atoms with E-state index in [1.54, 1.807) is 0 Å². The monoisotopic (exact) mass is 874 g/mol. The number of para-hydroxylation sites is 2. The third kappa shape index (κ3) is 6.05. The van der Waals surface area contributed by atoms with Crippen molar-refractivity contribution < 1.29 is 4.42 Å². The number of furan rings is 1. The lowest BCUT2D eigenvalue weighted by Crippen LogP contribution is -2.15. The Hall–Kier alpha value is -8.41. The van der Waals surface area contributed by atoms with Gasteiger partial charge < -0.3 is 4.42 Å².